The zero-order chi connectivity index (χ0) is 20.5. The average Bonchev–Trinajstić information content (AvgIpc) is 2.73. The molecule has 8 heteroatoms. The van der Waals surface area contributed by atoms with Crippen LogP contribution in [0, 0.1) is 11.3 Å². The first-order chi connectivity index (χ1) is 13.5. The van der Waals surface area contributed by atoms with Crippen LogP contribution in [0.5, 0.6) is 0 Å². The molecule has 0 saturated heterocycles. The first-order valence-electron chi connectivity index (χ1n) is 8.04. The van der Waals surface area contributed by atoms with Gasteiger partial charge in [-0.25, -0.2) is 9.59 Å². The van der Waals surface area contributed by atoms with Crippen LogP contribution in [0.15, 0.2) is 60.3 Å². The molecular weight excluding hydrogens is 362 g/mol. The standard InChI is InChI=1S/C20H17N3O5/c1-27-19(25)13-6-5-7-15(10-13)22-12-14(11-21)18(24)23-17-9-4-3-8-16(17)20(26)28-2/h3-10,12,22H,1-2H3,(H,23,24)/b14-12-. The lowest BCUT2D eigenvalue weighted by Gasteiger charge is -2.09. The molecule has 0 aromatic heterocycles. The van der Waals surface area contributed by atoms with Crippen molar-refractivity contribution in [1.82, 2.24) is 0 Å². The predicted octanol–water partition coefficient (Wildman–Crippen LogP) is 2.72. The number of amides is 1. The third kappa shape index (κ3) is 4.95. The highest BCUT2D eigenvalue weighted by atomic mass is 16.5. The van der Waals surface area contributed by atoms with Gasteiger partial charge in [-0.05, 0) is 30.3 Å². The Bertz CT molecular complexity index is 976. The van der Waals surface area contributed by atoms with Crippen molar-refractivity contribution >= 4 is 29.2 Å². The number of para-hydroxylation sites is 1. The summed E-state index contributed by atoms with van der Waals surface area (Å²) in [5.41, 5.74) is 0.944. The first kappa shape index (κ1) is 20.2. The van der Waals surface area contributed by atoms with Crippen LogP contribution in [-0.2, 0) is 14.3 Å². The summed E-state index contributed by atoms with van der Waals surface area (Å²) in [5, 5.41) is 14.6. The van der Waals surface area contributed by atoms with Gasteiger partial charge in [-0.2, -0.15) is 5.26 Å². The largest absolute Gasteiger partial charge is 0.465 e. The van der Waals surface area contributed by atoms with Gasteiger partial charge in [0, 0.05) is 11.9 Å². The quantitative estimate of drug-likeness (QED) is 0.450. The molecular formula is C20H17N3O5. The van der Waals surface area contributed by atoms with Crippen LogP contribution in [0.2, 0.25) is 0 Å². The van der Waals surface area contributed by atoms with Crippen LogP contribution in [0.1, 0.15) is 20.7 Å². The number of benzene rings is 2. The monoisotopic (exact) mass is 379 g/mol. The van der Waals surface area contributed by atoms with E-state index in [0.29, 0.717) is 11.3 Å². The second kappa shape index (κ2) is 9.54. The number of nitriles is 1. The summed E-state index contributed by atoms with van der Waals surface area (Å²) < 4.78 is 9.32. The van der Waals surface area contributed by atoms with E-state index in [9.17, 15) is 19.6 Å². The number of rotatable bonds is 6. The van der Waals surface area contributed by atoms with E-state index in [2.05, 4.69) is 20.1 Å². The molecule has 0 bridgehead atoms. The van der Waals surface area contributed by atoms with Crippen LogP contribution in [0.4, 0.5) is 11.4 Å². The Morgan fingerprint density at radius 3 is 2.39 bits per heavy atom. The number of anilines is 2. The Labute approximate surface area is 161 Å². The maximum Gasteiger partial charge on any atom is 0.339 e. The van der Waals surface area contributed by atoms with Crippen LogP contribution in [0.25, 0.3) is 0 Å². The number of nitrogens with zero attached hydrogens (tertiary/aromatic N) is 1. The van der Waals surface area contributed by atoms with E-state index in [4.69, 9.17) is 0 Å². The topological polar surface area (TPSA) is 118 Å². The number of carbonyl (C=O) groups excluding carboxylic acids is 3. The van der Waals surface area contributed by atoms with E-state index >= 15 is 0 Å². The van der Waals surface area contributed by atoms with Crippen molar-refractivity contribution in [3.63, 3.8) is 0 Å². The molecule has 0 unspecified atom stereocenters. The van der Waals surface area contributed by atoms with Crippen LogP contribution >= 0.6 is 0 Å². The Morgan fingerprint density at radius 1 is 1.00 bits per heavy atom. The number of hydrogen-bond acceptors (Lipinski definition) is 7. The summed E-state index contributed by atoms with van der Waals surface area (Å²) in [7, 11) is 2.50. The van der Waals surface area contributed by atoms with Gasteiger partial charge in [-0.15, -0.1) is 0 Å². The van der Waals surface area contributed by atoms with Crippen molar-refractivity contribution in [2.75, 3.05) is 24.9 Å². The normalized spacial score (nSPS) is 10.4. The molecule has 0 aliphatic heterocycles. The summed E-state index contributed by atoms with van der Waals surface area (Å²) in [6.07, 6.45) is 1.20. The lowest BCUT2D eigenvalue weighted by Crippen LogP contribution is -2.17. The summed E-state index contributed by atoms with van der Waals surface area (Å²) in [5.74, 6) is -1.84. The molecule has 0 saturated carbocycles. The second-order valence-corrected chi connectivity index (χ2v) is 5.38. The molecule has 0 fully saturated rings. The van der Waals surface area contributed by atoms with E-state index in [1.807, 2.05) is 0 Å². The van der Waals surface area contributed by atoms with Crippen molar-refractivity contribution in [3.8, 4) is 6.07 Å². The van der Waals surface area contributed by atoms with Gasteiger partial charge in [0.1, 0.15) is 11.6 Å². The van der Waals surface area contributed by atoms with Gasteiger partial charge in [0.15, 0.2) is 0 Å². The Hall–Kier alpha value is -4.12. The lowest BCUT2D eigenvalue weighted by atomic mass is 10.1. The van der Waals surface area contributed by atoms with Gasteiger partial charge in [-0.3, -0.25) is 4.79 Å². The summed E-state index contributed by atoms with van der Waals surface area (Å²) in [4.78, 5) is 35.7. The van der Waals surface area contributed by atoms with Crippen molar-refractivity contribution in [2.45, 2.75) is 0 Å². The molecule has 28 heavy (non-hydrogen) atoms. The minimum absolute atomic E-state index is 0.161. The van der Waals surface area contributed by atoms with E-state index < -0.39 is 17.8 Å². The summed E-state index contributed by atoms with van der Waals surface area (Å²) >= 11 is 0. The molecule has 142 valence electrons. The van der Waals surface area contributed by atoms with Gasteiger partial charge in [-0.1, -0.05) is 18.2 Å². The van der Waals surface area contributed by atoms with Crippen LogP contribution < -0.4 is 10.6 Å². The van der Waals surface area contributed by atoms with E-state index in [1.165, 1.54) is 38.6 Å². The molecule has 2 N–H and O–H groups in total. The molecule has 0 spiro atoms. The highest BCUT2D eigenvalue weighted by Gasteiger charge is 2.15. The number of nitrogens with one attached hydrogen (secondary N) is 2. The third-order valence-corrected chi connectivity index (χ3v) is 3.61. The average molecular weight is 379 g/mol. The first-order valence-corrected chi connectivity index (χ1v) is 8.04. The molecule has 0 aliphatic rings. The molecule has 0 aliphatic carbocycles. The Balaban J connectivity index is 2.18. The lowest BCUT2D eigenvalue weighted by molar-refractivity contribution is -0.112. The summed E-state index contributed by atoms with van der Waals surface area (Å²) in [6, 6.07) is 14.4. The number of methoxy groups -OCH3 is 2. The minimum Gasteiger partial charge on any atom is -0.465 e. The highest BCUT2D eigenvalue weighted by molar-refractivity contribution is 6.09. The van der Waals surface area contributed by atoms with Gasteiger partial charge < -0.3 is 20.1 Å². The molecule has 0 heterocycles. The molecule has 2 rings (SSSR count). The maximum atomic E-state index is 12.4. The molecule has 2 aromatic rings. The molecule has 0 radical (unpaired) electrons. The van der Waals surface area contributed by atoms with E-state index in [-0.39, 0.29) is 16.8 Å². The Kier molecular flexibility index (Phi) is 6.88. The minimum atomic E-state index is -0.713. The highest BCUT2D eigenvalue weighted by Crippen LogP contribution is 2.17. The van der Waals surface area contributed by atoms with Crippen LogP contribution in [-0.4, -0.2) is 32.1 Å². The van der Waals surface area contributed by atoms with E-state index in [0.717, 1.165) is 0 Å². The maximum absolute atomic E-state index is 12.4. The smallest absolute Gasteiger partial charge is 0.339 e. The zero-order valence-electron chi connectivity index (χ0n) is 15.2. The SMILES string of the molecule is COC(=O)c1cccc(N/C=C(/C#N)C(=O)Nc2ccccc2C(=O)OC)c1. The number of carbonyl (C=O) groups is 3. The van der Waals surface area contributed by atoms with Crippen molar-refractivity contribution in [3.05, 3.63) is 71.4 Å². The van der Waals surface area contributed by atoms with Gasteiger partial charge in [0.25, 0.3) is 5.91 Å². The van der Waals surface area contributed by atoms with Gasteiger partial charge in [0.2, 0.25) is 0 Å². The fourth-order valence-corrected chi connectivity index (χ4v) is 2.23. The number of ether oxygens (including phenoxy) is 2. The molecule has 0 atom stereocenters. The van der Waals surface area contributed by atoms with Crippen molar-refractivity contribution < 1.29 is 23.9 Å². The van der Waals surface area contributed by atoms with Crippen LogP contribution in [0.3, 0.4) is 0 Å². The van der Waals surface area contributed by atoms with Crippen molar-refractivity contribution in [2.24, 2.45) is 0 Å². The van der Waals surface area contributed by atoms with Crippen molar-refractivity contribution in [1.29, 1.82) is 5.26 Å². The van der Waals surface area contributed by atoms with Gasteiger partial charge >= 0.3 is 11.9 Å². The predicted molar refractivity (Wildman–Crippen MR) is 102 cm³/mol. The van der Waals surface area contributed by atoms with Gasteiger partial charge in [0.05, 0.1) is 31.0 Å². The zero-order valence-corrected chi connectivity index (χ0v) is 15.2. The summed E-state index contributed by atoms with van der Waals surface area (Å²) in [6.45, 7) is 0. The molecule has 2 aromatic carbocycles. The Morgan fingerprint density at radius 2 is 1.71 bits per heavy atom. The number of esters is 2. The fraction of sp³-hybridized carbons (Fsp3) is 0.100. The third-order valence-electron chi connectivity index (χ3n) is 3.61. The number of hydrogen-bond donors (Lipinski definition) is 2. The molecule has 8 nitrogen and oxygen atoms in total. The van der Waals surface area contributed by atoms with E-state index in [1.54, 1.807) is 36.4 Å². The fourth-order valence-electron chi connectivity index (χ4n) is 2.23. The second-order valence-electron chi connectivity index (χ2n) is 5.38. The molecule has 1 amide bonds.